The van der Waals surface area contributed by atoms with Gasteiger partial charge in [-0.15, -0.1) is 11.3 Å². The van der Waals surface area contributed by atoms with Gasteiger partial charge in [0.25, 0.3) is 0 Å². The molecule has 2 heterocycles. The zero-order chi connectivity index (χ0) is 17.4. The molecule has 2 aromatic carbocycles. The van der Waals surface area contributed by atoms with Gasteiger partial charge >= 0.3 is 0 Å². The fourth-order valence-corrected chi connectivity index (χ4v) is 3.62. The second kappa shape index (κ2) is 6.43. The van der Waals surface area contributed by atoms with Crippen LogP contribution in [0.3, 0.4) is 0 Å². The molecule has 0 atom stereocenters. The number of benzene rings is 2. The summed E-state index contributed by atoms with van der Waals surface area (Å²) < 4.78 is 13.4. The smallest absolute Gasteiger partial charge is 0.163 e. The highest BCUT2D eigenvalue weighted by molar-refractivity contribution is 7.18. The van der Waals surface area contributed by atoms with E-state index in [1.165, 1.54) is 6.07 Å². The number of fused-ring (bicyclic) bond motifs is 1. The first-order valence-corrected chi connectivity index (χ1v) is 8.85. The zero-order valence-electron chi connectivity index (χ0n) is 13.3. The summed E-state index contributed by atoms with van der Waals surface area (Å²) in [7, 11) is 0. The largest absolute Gasteiger partial charge is 0.340 e. The van der Waals surface area contributed by atoms with Crippen LogP contribution in [0.15, 0.2) is 54.6 Å². The molecule has 0 bridgehead atoms. The first-order chi connectivity index (χ1) is 12.1. The quantitative estimate of drug-likeness (QED) is 0.467. The van der Waals surface area contributed by atoms with E-state index in [0.29, 0.717) is 17.3 Å². The normalized spacial score (nSPS) is 11.0. The molecular formula is C19H13ClFN3S. The number of aryl methyl sites for hydroxylation is 1. The highest BCUT2D eigenvalue weighted by atomic mass is 35.5. The van der Waals surface area contributed by atoms with Crippen molar-refractivity contribution in [2.45, 2.75) is 6.92 Å². The summed E-state index contributed by atoms with van der Waals surface area (Å²) in [5.74, 6) is 0.873. The molecule has 0 spiro atoms. The van der Waals surface area contributed by atoms with Gasteiger partial charge in [0.05, 0.1) is 10.4 Å². The van der Waals surface area contributed by atoms with E-state index in [0.717, 1.165) is 20.7 Å². The second-order valence-electron chi connectivity index (χ2n) is 5.59. The molecule has 0 fully saturated rings. The van der Waals surface area contributed by atoms with Crippen LogP contribution in [0.4, 0.5) is 15.9 Å². The van der Waals surface area contributed by atoms with E-state index >= 15 is 0 Å². The number of aromatic nitrogens is 2. The van der Waals surface area contributed by atoms with E-state index in [1.54, 1.807) is 23.5 Å². The van der Waals surface area contributed by atoms with Crippen molar-refractivity contribution in [2.24, 2.45) is 0 Å². The van der Waals surface area contributed by atoms with E-state index in [4.69, 9.17) is 11.6 Å². The van der Waals surface area contributed by atoms with Gasteiger partial charge in [0, 0.05) is 16.1 Å². The Morgan fingerprint density at radius 1 is 1.04 bits per heavy atom. The first kappa shape index (κ1) is 16.0. The molecule has 0 saturated heterocycles. The van der Waals surface area contributed by atoms with Crippen LogP contribution in [0.5, 0.6) is 0 Å². The lowest BCUT2D eigenvalue weighted by Gasteiger charge is -2.09. The van der Waals surface area contributed by atoms with Crippen LogP contribution in [0.25, 0.3) is 21.6 Å². The Hall–Kier alpha value is -2.50. The lowest BCUT2D eigenvalue weighted by molar-refractivity contribution is 0.628. The van der Waals surface area contributed by atoms with Crippen LogP contribution in [-0.4, -0.2) is 9.97 Å². The number of nitrogens with zero attached hydrogens (tertiary/aromatic N) is 2. The second-order valence-corrected chi connectivity index (χ2v) is 7.23. The molecule has 124 valence electrons. The Kier molecular flexibility index (Phi) is 4.11. The van der Waals surface area contributed by atoms with E-state index in [9.17, 15) is 4.39 Å². The van der Waals surface area contributed by atoms with Crippen LogP contribution in [0.2, 0.25) is 5.02 Å². The Morgan fingerprint density at radius 3 is 2.60 bits per heavy atom. The monoisotopic (exact) mass is 369 g/mol. The maximum atomic E-state index is 13.4. The molecule has 4 rings (SSSR count). The third-order valence-electron chi connectivity index (χ3n) is 3.73. The topological polar surface area (TPSA) is 37.8 Å². The van der Waals surface area contributed by atoms with E-state index in [1.807, 2.05) is 43.3 Å². The van der Waals surface area contributed by atoms with Crippen molar-refractivity contribution < 1.29 is 4.39 Å². The van der Waals surface area contributed by atoms with Gasteiger partial charge in [0.15, 0.2) is 5.82 Å². The molecule has 3 nitrogen and oxygen atoms in total. The third kappa shape index (κ3) is 3.21. The van der Waals surface area contributed by atoms with E-state index < -0.39 is 5.82 Å². The number of rotatable bonds is 3. The summed E-state index contributed by atoms with van der Waals surface area (Å²) in [6.07, 6.45) is 0. The molecule has 0 aliphatic heterocycles. The molecule has 0 saturated carbocycles. The highest BCUT2D eigenvalue weighted by Crippen LogP contribution is 2.33. The van der Waals surface area contributed by atoms with Crippen molar-refractivity contribution in [2.75, 3.05) is 5.32 Å². The summed E-state index contributed by atoms with van der Waals surface area (Å²) in [6.45, 7) is 2.03. The highest BCUT2D eigenvalue weighted by Gasteiger charge is 2.13. The van der Waals surface area contributed by atoms with Crippen molar-refractivity contribution in [1.29, 1.82) is 0 Å². The molecular weight excluding hydrogens is 357 g/mol. The summed E-state index contributed by atoms with van der Waals surface area (Å²) in [4.78, 5) is 11.4. The zero-order valence-corrected chi connectivity index (χ0v) is 14.8. The Bertz CT molecular complexity index is 1060. The number of nitrogens with one attached hydrogen (secondary N) is 1. The van der Waals surface area contributed by atoms with Gasteiger partial charge in [0.2, 0.25) is 0 Å². The number of hydrogen-bond acceptors (Lipinski definition) is 4. The number of hydrogen-bond donors (Lipinski definition) is 1. The minimum Gasteiger partial charge on any atom is -0.340 e. The molecule has 0 amide bonds. The fraction of sp³-hybridized carbons (Fsp3) is 0.0526. The first-order valence-electron chi connectivity index (χ1n) is 7.66. The maximum absolute atomic E-state index is 13.4. The molecule has 0 radical (unpaired) electrons. The molecule has 0 aliphatic rings. The molecule has 6 heteroatoms. The van der Waals surface area contributed by atoms with Crippen molar-refractivity contribution in [3.63, 3.8) is 0 Å². The fourth-order valence-electron chi connectivity index (χ4n) is 2.56. The lowest BCUT2D eigenvalue weighted by Crippen LogP contribution is -1.98. The van der Waals surface area contributed by atoms with Crippen LogP contribution in [0.1, 0.15) is 4.88 Å². The predicted octanol–water partition coefficient (Wildman–Crippen LogP) is 6.20. The van der Waals surface area contributed by atoms with Crippen molar-refractivity contribution in [3.8, 4) is 11.4 Å². The number of thiophene rings is 1. The van der Waals surface area contributed by atoms with Crippen LogP contribution in [0, 0.1) is 12.7 Å². The molecule has 1 N–H and O–H groups in total. The van der Waals surface area contributed by atoms with Gasteiger partial charge in [0.1, 0.15) is 16.5 Å². The Morgan fingerprint density at radius 2 is 1.84 bits per heavy atom. The Balaban J connectivity index is 1.84. The van der Waals surface area contributed by atoms with Crippen LogP contribution in [-0.2, 0) is 0 Å². The van der Waals surface area contributed by atoms with E-state index in [2.05, 4.69) is 15.3 Å². The molecule has 0 unspecified atom stereocenters. The van der Waals surface area contributed by atoms with Crippen molar-refractivity contribution in [3.05, 3.63) is 70.3 Å². The summed E-state index contributed by atoms with van der Waals surface area (Å²) >= 11 is 7.50. The van der Waals surface area contributed by atoms with Gasteiger partial charge in [-0.25, -0.2) is 14.4 Å². The SMILES string of the molecule is Cc1cc2c(Nc3ccc(F)c(Cl)c3)nc(-c3ccccc3)nc2s1. The molecule has 25 heavy (non-hydrogen) atoms. The molecule has 0 aliphatic carbocycles. The van der Waals surface area contributed by atoms with E-state index in [-0.39, 0.29) is 5.02 Å². The number of halogens is 2. The van der Waals surface area contributed by atoms with Gasteiger partial charge < -0.3 is 5.32 Å². The van der Waals surface area contributed by atoms with Crippen LogP contribution >= 0.6 is 22.9 Å². The number of anilines is 2. The third-order valence-corrected chi connectivity index (χ3v) is 4.96. The van der Waals surface area contributed by atoms with Gasteiger partial charge in [-0.2, -0.15) is 0 Å². The molecule has 2 aromatic heterocycles. The lowest BCUT2D eigenvalue weighted by atomic mass is 10.2. The predicted molar refractivity (Wildman–Crippen MR) is 102 cm³/mol. The van der Waals surface area contributed by atoms with Crippen LogP contribution < -0.4 is 5.32 Å². The minimum atomic E-state index is -0.448. The van der Waals surface area contributed by atoms with Crippen molar-refractivity contribution in [1.82, 2.24) is 9.97 Å². The summed E-state index contributed by atoms with van der Waals surface area (Å²) in [6, 6.07) is 16.4. The van der Waals surface area contributed by atoms with Crippen molar-refractivity contribution >= 4 is 44.7 Å². The van der Waals surface area contributed by atoms with Gasteiger partial charge in [-0.3, -0.25) is 0 Å². The standard InChI is InChI=1S/C19H13ClFN3S/c1-11-9-14-18(22-13-7-8-16(21)15(20)10-13)23-17(24-19(14)25-11)12-5-3-2-4-6-12/h2-10H,1H3,(H,22,23,24). The summed E-state index contributed by atoms with van der Waals surface area (Å²) in [5, 5.41) is 4.25. The Labute approximate surface area is 153 Å². The van der Waals surface area contributed by atoms with Gasteiger partial charge in [-0.05, 0) is 31.2 Å². The summed E-state index contributed by atoms with van der Waals surface area (Å²) in [5.41, 5.74) is 1.62. The average molecular weight is 370 g/mol. The maximum Gasteiger partial charge on any atom is 0.163 e. The molecule has 4 aromatic rings. The van der Waals surface area contributed by atoms with Gasteiger partial charge in [-0.1, -0.05) is 41.9 Å². The minimum absolute atomic E-state index is 0.0695. The average Bonchev–Trinajstić information content (AvgIpc) is 2.99.